The topological polar surface area (TPSA) is 68.3 Å². The van der Waals surface area contributed by atoms with Gasteiger partial charge >= 0.3 is 79.1 Å². The Morgan fingerprint density at radius 2 is 1.12 bits per heavy atom. The van der Waals surface area contributed by atoms with E-state index in [0.29, 0.717) is 0 Å². The fourth-order valence-corrected chi connectivity index (χ4v) is 0. The Morgan fingerprint density at radius 1 is 1.12 bits per heavy atom. The number of hydrogen-bond acceptors (Lipinski definition) is 4. The molecule has 0 aromatic heterocycles. The molecule has 0 rings (SSSR count). The Morgan fingerprint density at radius 3 is 1.12 bits per heavy atom. The molecule has 0 fully saturated rings. The van der Waals surface area contributed by atoms with Crippen molar-refractivity contribution in [3.63, 3.8) is 0 Å². The van der Waals surface area contributed by atoms with Gasteiger partial charge in [0.05, 0.1) is 0 Å². The monoisotopic (exact) mass is 286 g/mol. The van der Waals surface area contributed by atoms with E-state index in [9.17, 15) is 0 Å². The molecule has 0 amide bonds. The molecule has 54 valence electrons. The molecule has 8 heavy (non-hydrogen) atoms. The molecule has 0 unspecified atom stereocenters. The quantitative estimate of drug-likeness (QED) is 0.564. The van der Waals surface area contributed by atoms with Crippen LogP contribution in [0.1, 0.15) is 0 Å². The van der Waals surface area contributed by atoms with Gasteiger partial charge in [-0.2, -0.15) is 0 Å². The summed E-state index contributed by atoms with van der Waals surface area (Å²) in [5.41, 5.74) is 0. The van der Waals surface area contributed by atoms with E-state index < -0.39 is 0 Å². The summed E-state index contributed by atoms with van der Waals surface area (Å²) in [6.07, 6.45) is 0. The molecular weight excluding hydrogens is 286 g/mol. The van der Waals surface area contributed by atoms with E-state index in [2.05, 4.69) is 15.7 Å². The van der Waals surface area contributed by atoms with Crippen molar-refractivity contribution in [2.45, 2.75) is 0 Å². The third-order valence-corrected chi connectivity index (χ3v) is 0. The summed E-state index contributed by atoms with van der Waals surface area (Å²) in [6.45, 7) is 0. The van der Waals surface area contributed by atoms with Crippen LogP contribution in [0.25, 0.3) is 0 Å². The first-order valence-electron chi connectivity index (χ1n) is 0.601. The summed E-state index contributed by atoms with van der Waals surface area (Å²) >= 11 is 7.38. The van der Waals surface area contributed by atoms with Crippen LogP contribution in [0.15, 0.2) is 0 Å². The molecule has 0 aromatic rings. The summed E-state index contributed by atoms with van der Waals surface area (Å²) in [6, 6.07) is 0. The third-order valence-electron chi connectivity index (χ3n) is 0. The van der Waals surface area contributed by atoms with E-state index in [-0.39, 0.29) is 0 Å². The summed E-state index contributed by atoms with van der Waals surface area (Å²) in [7, 11) is 0. The molecule has 8 heteroatoms. The van der Waals surface area contributed by atoms with Crippen molar-refractivity contribution in [2.24, 2.45) is 0 Å². The summed E-state index contributed by atoms with van der Waals surface area (Å²) in [5.74, 6) is 0. The van der Waals surface area contributed by atoms with Crippen molar-refractivity contribution >= 4 is 0 Å². The molecule has 0 aliphatic heterocycles. The first-order chi connectivity index (χ1) is 4.00. The van der Waals surface area contributed by atoms with Gasteiger partial charge in [0.1, 0.15) is 0 Å². The Labute approximate surface area is 78.6 Å². The van der Waals surface area contributed by atoms with E-state index in [0.717, 1.165) is 0 Å². The van der Waals surface area contributed by atoms with Gasteiger partial charge in [0.2, 0.25) is 0 Å². The van der Waals surface area contributed by atoms with Crippen LogP contribution in [0.3, 0.4) is 0 Å². The van der Waals surface area contributed by atoms with Crippen LogP contribution in [0, 0.1) is 0 Å². The van der Waals surface area contributed by atoms with Crippen molar-refractivity contribution in [3.05, 3.63) is 0 Å². The van der Waals surface area contributed by atoms with Gasteiger partial charge < -0.3 is 0 Å². The average Bonchev–Trinajstić information content (AvgIpc) is 2.03. The molecule has 0 spiro atoms. The minimum absolute atomic E-state index is 1.38. The van der Waals surface area contributed by atoms with E-state index in [1.54, 1.807) is 15.9 Å². The Balaban J connectivity index is -0.0000000133. The van der Waals surface area contributed by atoms with E-state index >= 15 is 0 Å². The minimum atomic E-state index is 1.38. The molecule has 0 aliphatic carbocycles. The molecule has 0 aromatic carbocycles. The van der Waals surface area contributed by atoms with Crippen molar-refractivity contribution in [2.75, 3.05) is 0 Å². The van der Waals surface area contributed by atoms with Crippen LogP contribution < -0.4 is 0 Å². The molecule has 0 atom stereocenters. The summed E-state index contributed by atoms with van der Waals surface area (Å²) in [5, 5.41) is 0. The van der Waals surface area contributed by atoms with Gasteiger partial charge in [-0.1, -0.05) is 0 Å². The maximum atomic E-state index is 8.12. The van der Waals surface area contributed by atoms with E-state index in [1.165, 1.54) is 16.2 Å². The zero-order chi connectivity index (χ0) is 8.00. The van der Waals surface area contributed by atoms with Gasteiger partial charge in [-0.25, -0.2) is 0 Å². The molecule has 0 N–H and O–H groups in total. The normalized spacial score (nSPS) is 2.25. The van der Waals surface area contributed by atoms with Crippen LogP contribution in [-0.4, -0.2) is 0 Å². The molecule has 0 heterocycles. The fraction of sp³-hybridized carbons (Fsp3) is 0. The van der Waals surface area contributed by atoms with Crippen molar-refractivity contribution < 1.29 is 79.1 Å². The average molecular weight is 286 g/mol. The maximum absolute atomic E-state index is 8.12. The van der Waals surface area contributed by atoms with Crippen LogP contribution in [0.4, 0.5) is 0 Å². The first kappa shape index (κ1) is 22.8. The van der Waals surface area contributed by atoms with Gasteiger partial charge in [0, 0.05) is 0 Å². The van der Waals surface area contributed by atoms with Crippen molar-refractivity contribution in [3.8, 4) is 0 Å². The van der Waals surface area contributed by atoms with Crippen molar-refractivity contribution in [1.29, 1.82) is 0 Å². The second-order valence-electron chi connectivity index (χ2n) is 0. The molecule has 0 saturated heterocycles. The predicted octanol–water partition coefficient (Wildman–Crippen LogP) is -0.485. The standard InChI is InChI=1S/Co.Cr.Fe.Mn.4O. The first-order valence-corrected chi connectivity index (χ1v) is 2.48. The number of rotatable bonds is 0. The second kappa shape index (κ2) is 268. The Kier molecular flexibility index (Phi) is 766. The molecular formula is CoCrFeMnO4. The Hall–Kier alpha value is 1.28. The zero-order valence-corrected chi connectivity index (χ0v) is 7.71. The summed E-state index contributed by atoms with van der Waals surface area (Å²) < 4.78 is 32.1. The van der Waals surface area contributed by atoms with Crippen LogP contribution in [-0.2, 0) is 79.1 Å². The van der Waals surface area contributed by atoms with E-state index in [4.69, 9.17) is 15.3 Å². The van der Waals surface area contributed by atoms with Crippen LogP contribution in [0.5, 0.6) is 0 Å². The summed E-state index contributed by atoms with van der Waals surface area (Å²) in [4.78, 5) is 0. The molecule has 0 aliphatic rings. The Bertz CT molecular complexity index is 24.0. The van der Waals surface area contributed by atoms with Gasteiger partial charge in [-0.3, -0.25) is 0 Å². The zero-order valence-electron chi connectivity index (χ0n) is 3.11. The third kappa shape index (κ3) is 176. The molecule has 0 bridgehead atoms. The van der Waals surface area contributed by atoms with Gasteiger partial charge in [-0.05, 0) is 0 Å². The second-order valence-corrected chi connectivity index (χ2v) is 0. The predicted molar refractivity (Wildman–Crippen MR) is 2.75 cm³/mol. The van der Waals surface area contributed by atoms with E-state index in [1.807, 2.05) is 15.9 Å². The molecule has 0 radical (unpaired) electrons. The molecule has 0 saturated carbocycles. The SMILES string of the molecule is [O]=[Co].[O]=[Cr].[O]=[Fe].[O]=[Mn]. The van der Waals surface area contributed by atoms with Gasteiger partial charge in [-0.15, -0.1) is 0 Å². The fourth-order valence-electron chi connectivity index (χ4n) is 0. The number of hydrogen-bond donors (Lipinski definition) is 0. The van der Waals surface area contributed by atoms with Crippen molar-refractivity contribution in [1.82, 2.24) is 0 Å². The van der Waals surface area contributed by atoms with Gasteiger partial charge in [0.25, 0.3) is 0 Å². The van der Waals surface area contributed by atoms with Gasteiger partial charge in [0.15, 0.2) is 0 Å². The van der Waals surface area contributed by atoms with Crippen LogP contribution >= 0.6 is 0 Å². The molecule has 4 nitrogen and oxygen atoms in total. The van der Waals surface area contributed by atoms with Crippen LogP contribution in [0.2, 0.25) is 0 Å².